The van der Waals surface area contributed by atoms with E-state index in [4.69, 9.17) is 9.47 Å². The van der Waals surface area contributed by atoms with Crippen molar-refractivity contribution in [2.45, 2.75) is 31.9 Å². The maximum absolute atomic E-state index is 12.5. The SMILES string of the molecule is CC1CCOCCN1C(=O)NC[C@@H]1CCO[C@H]1c1cnn(C)c1. The minimum Gasteiger partial charge on any atom is -0.380 e. The normalized spacial score (nSPS) is 28.6. The Labute approximate surface area is 136 Å². The first-order chi connectivity index (χ1) is 11.1. The molecule has 7 heteroatoms. The lowest BCUT2D eigenvalue weighted by Crippen LogP contribution is -2.47. The molecule has 3 heterocycles. The number of amides is 2. The summed E-state index contributed by atoms with van der Waals surface area (Å²) in [6, 6.07) is 0.214. The maximum atomic E-state index is 12.5. The van der Waals surface area contributed by atoms with Crippen LogP contribution >= 0.6 is 0 Å². The van der Waals surface area contributed by atoms with E-state index in [0.717, 1.165) is 31.6 Å². The quantitative estimate of drug-likeness (QED) is 0.911. The van der Waals surface area contributed by atoms with Gasteiger partial charge in [0.05, 0.1) is 18.9 Å². The van der Waals surface area contributed by atoms with Gasteiger partial charge in [0.2, 0.25) is 0 Å². The molecule has 3 atom stereocenters. The Balaban J connectivity index is 1.55. The molecular weight excluding hydrogens is 296 g/mol. The summed E-state index contributed by atoms with van der Waals surface area (Å²) in [7, 11) is 1.90. The number of hydrogen-bond acceptors (Lipinski definition) is 4. The second-order valence-corrected chi connectivity index (χ2v) is 6.42. The number of carbonyl (C=O) groups is 1. The van der Waals surface area contributed by atoms with Crippen molar-refractivity contribution >= 4 is 6.03 Å². The lowest BCUT2D eigenvalue weighted by atomic mass is 9.97. The summed E-state index contributed by atoms with van der Waals surface area (Å²) in [5.74, 6) is 0.293. The molecule has 0 aromatic carbocycles. The van der Waals surface area contributed by atoms with Gasteiger partial charge in [-0.3, -0.25) is 4.68 Å². The van der Waals surface area contributed by atoms with E-state index in [-0.39, 0.29) is 18.2 Å². The minimum absolute atomic E-state index is 0.000151. The van der Waals surface area contributed by atoms with Crippen LogP contribution in [0.3, 0.4) is 0 Å². The Kier molecular flexibility index (Phi) is 5.17. The summed E-state index contributed by atoms with van der Waals surface area (Å²) in [5, 5.41) is 7.30. The highest BCUT2D eigenvalue weighted by atomic mass is 16.5. The predicted molar refractivity (Wildman–Crippen MR) is 85.0 cm³/mol. The molecular formula is C16H26N4O3. The first-order valence-corrected chi connectivity index (χ1v) is 8.37. The third-order valence-electron chi connectivity index (χ3n) is 4.73. The van der Waals surface area contributed by atoms with Gasteiger partial charge in [0.15, 0.2) is 0 Å². The standard InChI is InChI=1S/C16H26N4O3/c1-12-3-6-22-8-5-20(12)16(21)17-9-13-4-7-23-15(13)14-10-18-19(2)11-14/h10-13,15H,3-9H2,1-2H3,(H,17,21)/t12?,13-,15+/m0/s1. The van der Waals surface area contributed by atoms with Crippen molar-refractivity contribution in [1.29, 1.82) is 0 Å². The zero-order valence-corrected chi connectivity index (χ0v) is 13.9. The Hall–Kier alpha value is -1.60. The van der Waals surface area contributed by atoms with Crippen LogP contribution in [0.15, 0.2) is 12.4 Å². The lowest BCUT2D eigenvalue weighted by Gasteiger charge is -2.27. The maximum Gasteiger partial charge on any atom is 0.317 e. The molecule has 2 aliphatic heterocycles. The smallest absolute Gasteiger partial charge is 0.317 e. The summed E-state index contributed by atoms with van der Waals surface area (Å²) in [6.07, 6.45) is 5.70. The molecule has 0 radical (unpaired) electrons. The van der Waals surface area contributed by atoms with E-state index in [2.05, 4.69) is 17.3 Å². The second-order valence-electron chi connectivity index (χ2n) is 6.42. The van der Waals surface area contributed by atoms with Crippen molar-refractivity contribution in [2.24, 2.45) is 13.0 Å². The number of nitrogens with one attached hydrogen (secondary N) is 1. The number of hydrogen-bond donors (Lipinski definition) is 1. The van der Waals surface area contributed by atoms with E-state index in [1.165, 1.54) is 0 Å². The highest BCUT2D eigenvalue weighted by Gasteiger charge is 2.31. The number of ether oxygens (including phenoxy) is 2. The summed E-state index contributed by atoms with van der Waals surface area (Å²) in [4.78, 5) is 14.3. The number of nitrogens with zero attached hydrogens (tertiary/aromatic N) is 3. The topological polar surface area (TPSA) is 68.6 Å². The molecule has 0 aliphatic carbocycles. The van der Waals surface area contributed by atoms with Crippen molar-refractivity contribution in [2.75, 3.05) is 32.9 Å². The van der Waals surface area contributed by atoms with Crippen molar-refractivity contribution in [3.8, 4) is 0 Å². The van der Waals surface area contributed by atoms with Crippen molar-refractivity contribution < 1.29 is 14.3 Å². The third kappa shape index (κ3) is 3.84. The number of urea groups is 1. The van der Waals surface area contributed by atoms with Crippen LogP contribution in [0.4, 0.5) is 4.79 Å². The first kappa shape index (κ1) is 16.3. The average Bonchev–Trinajstić information content (AvgIpc) is 3.11. The van der Waals surface area contributed by atoms with Crippen LogP contribution in [0.25, 0.3) is 0 Å². The second kappa shape index (κ2) is 7.31. The zero-order valence-electron chi connectivity index (χ0n) is 13.9. The van der Waals surface area contributed by atoms with Crippen LogP contribution in [0.2, 0.25) is 0 Å². The van der Waals surface area contributed by atoms with E-state index < -0.39 is 0 Å². The molecule has 1 N–H and O–H groups in total. The number of carbonyl (C=O) groups excluding carboxylic acids is 1. The monoisotopic (exact) mass is 322 g/mol. The molecule has 128 valence electrons. The number of rotatable bonds is 3. The molecule has 2 saturated heterocycles. The molecule has 3 rings (SSSR count). The lowest BCUT2D eigenvalue weighted by molar-refractivity contribution is 0.0901. The average molecular weight is 322 g/mol. The van der Waals surface area contributed by atoms with Crippen LogP contribution in [0, 0.1) is 5.92 Å². The number of aromatic nitrogens is 2. The van der Waals surface area contributed by atoms with Crippen molar-refractivity contribution in [3.05, 3.63) is 18.0 Å². The molecule has 2 fully saturated rings. The van der Waals surface area contributed by atoms with Gasteiger partial charge < -0.3 is 19.7 Å². The molecule has 0 saturated carbocycles. The van der Waals surface area contributed by atoms with Crippen LogP contribution in [-0.2, 0) is 16.5 Å². The molecule has 7 nitrogen and oxygen atoms in total. The van der Waals surface area contributed by atoms with Gasteiger partial charge in [0.1, 0.15) is 0 Å². The summed E-state index contributed by atoms with van der Waals surface area (Å²) in [6.45, 7) is 5.43. The van der Waals surface area contributed by atoms with Gasteiger partial charge in [-0.1, -0.05) is 0 Å². The Morgan fingerprint density at radius 2 is 2.26 bits per heavy atom. The van der Waals surface area contributed by atoms with E-state index in [1.54, 1.807) is 4.68 Å². The highest BCUT2D eigenvalue weighted by Crippen LogP contribution is 2.33. The van der Waals surface area contributed by atoms with E-state index >= 15 is 0 Å². The van der Waals surface area contributed by atoms with E-state index in [1.807, 2.05) is 24.3 Å². The van der Waals surface area contributed by atoms with Crippen LogP contribution in [0.1, 0.15) is 31.4 Å². The molecule has 1 aromatic heterocycles. The van der Waals surface area contributed by atoms with Gasteiger partial charge in [-0.15, -0.1) is 0 Å². The molecule has 0 bridgehead atoms. The molecule has 2 amide bonds. The summed E-state index contributed by atoms with van der Waals surface area (Å²) >= 11 is 0. The van der Waals surface area contributed by atoms with E-state index in [0.29, 0.717) is 25.6 Å². The fourth-order valence-corrected chi connectivity index (χ4v) is 3.32. The Bertz CT molecular complexity index is 533. The zero-order chi connectivity index (χ0) is 16.2. The number of aryl methyl sites for hydroxylation is 1. The Morgan fingerprint density at radius 3 is 3.04 bits per heavy atom. The summed E-state index contributed by atoms with van der Waals surface area (Å²) < 4.78 is 13.1. The predicted octanol–water partition coefficient (Wildman–Crippen LogP) is 1.32. The van der Waals surface area contributed by atoms with Crippen LogP contribution in [0.5, 0.6) is 0 Å². The van der Waals surface area contributed by atoms with Gasteiger partial charge >= 0.3 is 6.03 Å². The van der Waals surface area contributed by atoms with Gasteiger partial charge in [0.25, 0.3) is 0 Å². The molecule has 0 spiro atoms. The van der Waals surface area contributed by atoms with Gasteiger partial charge in [-0.05, 0) is 19.8 Å². The van der Waals surface area contributed by atoms with Crippen molar-refractivity contribution in [1.82, 2.24) is 20.0 Å². The third-order valence-corrected chi connectivity index (χ3v) is 4.73. The molecule has 2 aliphatic rings. The van der Waals surface area contributed by atoms with Crippen LogP contribution < -0.4 is 5.32 Å². The van der Waals surface area contributed by atoms with E-state index in [9.17, 15) is 4.79 Å². The highest BCUT2D eigenvalue weighted by molar-refractivity contribution is 5.74. The molecule has 1 unspecified atom stereocenters. The molecule has 1 aromatic rings. The van der Waals surface area contributed by atoms with Gasteiger partial charge in [-0.25, -0.2) is 4.79 Å². The fourth-order valence-electron chi connectivity index (χ4n) is 3.32. The summed E-state index contributed by atoms with van der Waals surface area (Å²) in [5.41, 5.74) is 1.08. The van der Waals surface area contributed by atoms with Crippen LogP contribution in [-0.4, -0.2) is 59.7 Å². The van der Waals surface area contributed by atoms with Crippen molar-refractivity contribution in [3.63, 3.8) is 0 Å². The van der Waals surface area contributed by atoms with Gasteiger partial charge in [-0.2, -0.15) is 5.10 Å². The Morgan fingerprint density at radius 1 is 1.39 bits per heavy atom. The minimum atomic E-state index is -0.000151. The largest absolute Gasteiger partial charge is 0.380 e. The molecule has 23 heavy (non-hydrogen) atoms. The fraction of sp³-hybridized carbons (Fsp3) is 0.750. The first-order valence-electron chi connectivity index (χ1n) is 8.37. The van der Waals surface area contributed by atoms with Gasteiger partial charge in [0, 0.05) is 57.1 Å².